The highest BCUT2D eigenvalue weighted by Gasteiger charge is 2.39. The zero-order chi connectivity index (χ0) is 9.35. The highest BCUT2D eigenvalue weighted by molar-refractivity contribution is 9.09. The molecule has 1 saturated heterocycles. The van der Waals surface area contributed by atoms with Crippen LogP contribution < -0.4 is 5.32 Å². The summed E-state index contributed by atoms with van der Waals surface area (Å²) in [5.41, 5.74) is 0. The molecule has 12 heavy (non-hydrogen) atoms. The lowest BCUT2D eigenvalue weighted by atomic mass is 10.1. The van der Waals surface area contributed by atoms with E-state index in [0.29, 0.717) is 11.2 Å². The molecule has 0 aromatic rings. The van der Waals surface area contributed by atoms with E-state index in [4.69, 9.17) is 34.8 Å². The maximum absolute atomic E-state index is 11.3. The summed E-state index contributed by atoms with van der Waals surface area (Å²) in [6, 6.07) is -0.332. The Morgan fingerprint density at radius 3 is 2.42 bits per heavy atom. The van der Waals surface area contributed by atoms with Gasteiger partial charge in [0.15, 0.2) is 0 Å². The van der Waals surface area contributed by atoms with Gasteiger partial charge in [-0.05, 0) is 6.42 Å². The average Bonchev–Trinajstić information content (AvgIpc) is 2.32. The van der Waals surface area contributed by atoms with Gasteiger partial charge in [0.25, 0.3) is 0 Å². The molecule has 0 radical (unpaired) electrons. The predicted molar refractivity (Wildman–Crippen MR) is 54.4 cm³/mol. The number of carbonyl (C=O) groups excluding carboxylic acids is 1. The summed E-state index contributed by atoms with van der Waals surface area (Å²) in [7, 11) is 0. The fourth-order valence-corrected chi connectivity index (χ4v) is 2.05. The van der Waals surface area contributed by atoms with Crippen molar-refractivity contribution in [3.05, 3.63) is 0 Å². The van der Waals surface area contributed by atoms with Crippen molar-refractivity contribution in [1.29, 1.82) is 0 Å². The normalized spacial score (nSPS) is 30.7. The van der Waals surface area contributed by atoms with Crippen LogP contribution >= 0.6 is 50.7 Å². The number of halogens is 4. The SMILES string of the molecule is O=C(C1CC(Br)CN1)C(Cl)(Cl)Cl. The average molecular weight is 295 g/mol. The quantitative estimate of drug-likeness (QED) is 0.750. The number of nitrogens with one attached hydrogen (secondary N) is 1. The zero-order valence-corrected chi connectivity index (χ0v) is 9.84. The fourth-order valence-electron chi connectivity index (χ4n) is 1.09. The number of hydrogen-bond donors (Lipinski definition) is 1. The highest BCUT2D eigenvalue weighted by Crippen LogP contribution is 2.31. The summed E-state index contributed by atoms with van der Waals surface area (Å²) in [6.45, 7) is 0.733. The Morgan fingerprint density at radius 1 is 1.50 bits per heavy atom. The van der Waals surface area contributed by atoms with Gasteiger partial charge in [-0.2, -0.15) is 0 Å². The molecule has 2 unspecified atom stereocenters. The van der Waals surface area contributed by atoms with Crippen LogP contribution in [0.3, 0.4) is 0 Å². The Labute approximate surface area is 94.0 Å². The largest absolute Gasteiger partial charge is 0.306 e. The molecule has 70 valence electrons. The van der Waals surface area contributed by atoms with E-state index in [9.17, 15) is 4.79 Å². The van der Waals surface area contributed by atoms with Crippen LogP contribution in [0.5, 0.6) is 0 Å². The molecule has 1 aliphatic rings. The molecule has 2 atom stereocenters. The summed E-state index contributed by atoms with van der Waals surface area (Å²) >= 11 is 19.7. The monoisotopic (exact) mass is 293 g/mol. The zero-order valence-electron chi connectivity index (χ0n) is 5.99. The first-order valence-corrected chi connectivity index (χ1v) is 5.44. The minimum atomic E-state index is -1.80. The van der Waals surface area contributed by atoms with Crippen molar-refractivity contribution in [2.45, 2.75) is 21.1 Å². The molecule has 0 aliphatic carbocycles. The molecule has 0 saturated carbocycles. The molecule has 1 heterocycles. The summed E-state index contributed by atoms with van der Waals surface area (Å²) in [5.74, 6) is -0.380. The van der Waals surface area contributed by atoms with Crippen molar-refractivity contribution < 1.29 is 4.79 Å². The lowest BCUT2D eigenvalue weighted by Gasteiger charge is -2.14. The van der Waals surface area contributed by atoms with E-state index in [2.05, 4.69) is 21.2 Å². The topological polar surface area (TPSA) is 29.1 Å². The van der Waals surface area contributed by atoms with Crippen molar-refractivity contribution in [3.63, 3.8) is 0 Å². The minimum Gasteiger partial charge on any atom is -0.306 e. The van der Waals surface area contributed by atoms with Crippen molar-refractivity contribution in [3.8, 4) is 0 Å². The fraction of sp³-hybridized carbons (Fsp3) is 0.833. The van der Waals surface area contributed by atoms with Crippen molar-refractivity contribution in [2.24, 2.45) is 0 Å². The third-order valence-electron chi connectivity index (χ3n) is 1.67. The summed E-state index contributed by atoms with van der Waals surface area (Å²) in [4.78, 5) is 11.6. The Kier molecular flexibility index (Phi) is 3.69. The molecule has 6 heteroatoms. The van der Waals surface area contributed by atoms with Crippen LogP contribution in [0.25, 0.3) is 0 Å². The predicted octanol–water partition coefficient (Wildman–Crippen LogP) is 2.05. The van der Waals surface area contributed by atoms with E-state index in [0.717, 1.165) is 6.54 Å². The van der Waals surface area contributed by atoms with Gasteiger partial charge in [-0.3, -0.25) is 4.79 Å². The summed E-state index contributed by atoms with van der Waals surface area (Å²) in [6.07, 6.45) is 0.673. The minimum absolute atomic E-state index is 0.291. The number of alkyl halides is 4. The molecular formula is C6H7BrCl3NO. The van der Waals surface area contributed by atoms with Gasteiger partial charge in [-0.1, -0.05) is 50.7 Å². The number of Topliss-reactive ketones (excluding diaryl/α,β-unsaturated/α-hetero) is 1. The first kappa shape index (κ1) is 11.1. The standard InChI is InChI=1S/C6H7BrCl3NO/c7-3-1-4(11-2-3)5(12)6(8,9)10/h3-4,11H,1-2H2. The van der Waals surface area contributed by atoms with E-state index >= 15 is 0 Å². The second kappa shape index (κ2) is 4.01. The number of rotatable bonds is 1. The maximum Gasteiger partial charge on any atom is 0.250 e. The molecular weight excluding hydrogens is 288 g/mol. The van der Waals surface area contributed by atoms with Gasteiger partial charge in [-0.25, -0.2) is 0 Å². The van der Waals surface area contributed by atoms with Crippen molar-refractivity contribution in [1.82, 2.24) is 5.32 Å². The molecule has 1 aliphatic heterocycles. The summed E-state index contributed by atoms with van der Waals surface area (Å²) in [5, 5.41) is 2.96. The van der Waals surface area contributed by atoms with Gasteiger partial charge >= 0.3 is 0 Å². The number of hydrogen-bond acceptors (Lipinski definition) is 2. The van der Waals surface area contributed by atoms with Crippen LogP contribution in [0.4, 0.5) is 0 Å². The van der Waals surface area contributed by atoms with Gasteiger partial charge in [0.05, 0.1) is 6.04 Å². The van der Waals surface area contributed by atoms with Crippen LogP contribution in [0, 0.1) is 0 Å². The molecule has 1 N–H and O–H groups in total. The molecule has 0 spiro atoms. The first-order valence-electron chi connectivity index (χ1n) is 3.39. The molecule has 0 bridgehead atoms. The van der Waals surface area contributed by atoms with Crippen LogP contribution in [-0.4, -0.2) is 27.0 Å². The van der Waals surface area contributed by atoms with Crippen LogP contribution in [0.1, 0.15) is 6.42 Å². The van der Waals surface area contributed by atoms with Crippen molar-refractivity contribution >= 4 is 56.5 Å². The van der Waals surface area contributed by atoms with E-state index < -0.39 is 3.79 Å². The van der Waals surface area contributed by atoms with Gasteiger partial charge in [0, 0.05) is 11.4 Å². The second-order valence-electron chi connectivity index (χ2n) is 2.66. The smallest absolute Gasteiger partial charge is 0.250 e. The Bertz CT molecular complexity index is 194. The van der Waals surface area contributed by atoms with Gasteiger partial charge in [0.1, 0.15) is 0 Å². The van der Waals surface area contributed by atoms with Crippen LogP contribution in [0.2, 0.25) is 0 Å². The van der Waals surface area contributed by atoms with Crippen LogP contribution in [-0.2, 0) is 4.79 Å². The third kappa shape index (κ3) is 2.74. The molecule has 1 fully saturated rings. The van der Waals surface area contributed by atoms with E-state index in [-0.39, 0.29) is 11.8 Å². The maximum atomic E-state index is 11.3. The van der Waals surface area contributed by atoms with Gasteiger partial charge in [-0.15, -0.1) is 0 Å². The van der Waals surface area contributed by atoms with E-state index in [1.807, 2.05) is 0 Å². The Balaban J connectivity index is 2.55. The lowest BCUT2D eigenvalue weighted by Crippen LogP contribution is -2.38. The number of ketones is 1. The Hall–Kier alpha value is 0.980. The Morgan fingerprint density at radius 2 is 2.08 bits per heavy atom. The van der Waals surface area contributed by atoms with E-state index in [1.54, 1.807) is 0 Å². The number of carbonyl (C=O) groups is 1. The second-order valence-corrected chi connectivity index (χ2v) is 6.23. The lowest BCUT2D eigenvalue weighted by molar-refractivity contribution is -0.119. The third-order valence-corrected chi connectivity index (χ3v) is 2.93. The first-order chi connectivity index (χ1) is 5.41. The molecule has 0 aromatic carbocycles. The molecule has 1 rings (SSSR count). The molecule has 2 nitrogen and oxygen atoms in total. The highest BCUT2D eigenvalue weighted by atomic mass is 79.9. The van der Waals surface area contributed by atoms with E-state index in [1.165, 1.54) is 0 Å². The summed E-state index contributed by atoms with van der Waals surface area (Å²) < 4.78 is -1.80. The van der Waals surface area contributed by atoms with Crippen molar-refractivity contribution in [2.75, 3.05) is 6.54 Å². The molecule has 0 amide bonds. The van der Waals surface area contributed by atoms with Gasteiger partial charge in [0.2, 0.25) is 9.58 Å². The van der Waals surface area contributed by atoms with Gasteiger partial charge < -0.3 is 5.32 Å². The van der Waals surface area contributed by atoms with Crippen LogP contribution in [0.15, 0.2) is 0 Å². The molecule has 0 aromatic heterocycles.